The van der Waals surface area contributed by atoms with E-state index in [1.807, 2.05) is 30.3 Å². The van der Waals surface area contributed by atoms with Crippen LogP contribution in [0.1, 0.15) is 37.5 Å². The van der Waals surface area contributed by atoms with E-state index in [1.165, 1.54) is 5.56 Å². The van der Waals surface area contributed by atoms with Gasteiger partial charge in [-0.25, -0.2) is 0 Å². The lowest BCUT2D eigenvalue weighted by Crippen LogP contribution is -2.11. The third-order valence-corrected chi connectivity index (χ3v) is 3.66. The first-order chi connectivity index (χ1) is 9.40. The average molecular weight is 289 g/mol. The maximum Gasteiger partial charge on any atom is 0.130 e. The molecular weight excluding hydrogens is 268 g/mol. The summed E-state index contributed by atoms with van der Waals surface area (Å²) in [6.07, 6.45) is 0. The summed E-state index contributed by atoms with van der Waals surface area (Å²) in [6, 6.07) is 14.3. The lowest BCUT2D eigenvalue weighted by molar-refractivity contribution is 0.477. The molecule has 2 aromatic carbocycles. The van der Waals surface area contributed by atoms with E-state index in [4.69, 9.17) is 16.3 Å². The highest BCUT2D eigenvalue weighted by molar-refractivity contribution is 6.17. The highest BCUT2D eigenvalue weighted by Crippen LogP contribution is 2.30. The van der Waals surface area contributed by atoms with Crippen LogP contribution in [0.2, 0.25) is 0 Å². The lowest BCUT2D eigenvalue weighted by atomic mass is 9.86. The van der Waals surface area contributed by atoms with Crippen molar-refractivity contribution in [3.05, 3.63) is 59.2 Å². The van der Waals surface area contributed by atoms with Crippen molar-refractivity contribution in [1.29, 1.82) is 0 Å². The Bertz CT molecular complexity index is 579. The van der Waals surface area contributed by atoms with Crippen LogP contribution in [0.25, 0.3) is 0 Å². The van der Waals surface area contributed by atoms with Crippen LogP contribution in [0.5, 0.6) is 11.5 Å². The normalized spacial score (nSPS) is 11.4. The summed E-state index contributed by atoms with van der Waals surface area (Å²) >= 11 is 5.78. The first kappa shape index (κ1) is 14.9. The predicted molar refractivity (Wildman–Crippen MR) is 86.0 cm³/mol. The first-order valence-corrected chi connectivity index (χ1v) is 7.37. The van der Waals surface area contributed by atoms with E-state index in [2.05, 4.69) is 39.8 Å². The second-order valence-electron chi connectivity index (χ2n) is 6.11. The van der Waals surface area contributed by atoms with Gasteiger partial charge in [0.1, 0.15) is 11.5 Å². The molecule has 0 atom stereocenters. The summed E-state index contributed by atoms with van der Waals surface area (Å²) in [5.41, 5.74) is 3.73. The van der Waals surface area contributed by atoms with Crippen LogP contribution in [-0.2, 0) is 11.3 Å². The molecule has 0 heterocycles. The maximum absolute atomic E-state index is 5.93. The summed E-state index contributed by atoms with van der Waals surface area (Å²) in [4.78, 5) is 0. The van der Waals surface area contributed by atoms with Crippen LogP contribution in [0.15, 0.2) is 42.5 Å². The molecule has 0 spiro atoms. The number of halogens is 1. The molecule has 0 aromatic heterocycles. The Balaban J connectivity index is 2.21. The topological polar surface area (TPSA) is 9.23 Å². The Labute approximate surface area is 126 Å². The van der Waals surface area contributed by atoms with Crippen LogP contribution in [0.4, 0.5) is 0 Å². The Kier molecular flexibility index (Phi) is 4.39. The maximum atomic E-state index is 5.93. The van der Waals surface area contributed by atoms with E-state index in [1.54, 1.807) is 0 Å². The van der Waals surface area contributed by atoms with Gasteiger partial charge in [-0.2, -0.15) is 0 Å². The minimum absolute atomic E-state index is 0.158. The van der Waals surface area contributed by atoms with E-state index >= 15 is 0 Å². The molecule has 2 heteroatoms. The largest absolute Gasteiger partial charge is 0.457 e. The standard InChI is InChI=1S/C18H21ClO/c1-13-11-15(18(2,3)4)7-10-17(13)20-16-8-5-14(12-19)6-9-16/h5-11H,12H2,1-4H3. The van der Waals surface area contributed by atoms with E-state index in [0.717, 1.165) is 22.6 Å². The molecule has 0 unspecified atom stereocenters. The van der Waals surface area contributed by atoms with Gasteiger partial charge in [-0.05, 0) is 47.2 Å². The van der Waals surface area contributed by atoms with Crippen molar-refractivity contribution >= 4 is 11.6 Å². The molecule has 0 amide bonds. The van der Waals surface area contributed by atoms with Crippen molar-refractivity contribution in [3.63, 3.8) is 0 Å². The van der Waals surface area contributed by atoms with E-state index in [0.29, 0.717) is 5.88 Å². The number of rotatable bonds is 3. The molecule has 0 saturated heterocycles. The number of aryl methyl sites for hydroxylation is 1. The fourth-order valence-corrected chi connectivity index (χ4v) is 2.18. The number of hydrogen-bond acceptors (Lipinski definition) is 1. The average Bonchev–Trinajstić information content (AvgIpc) is 2.41. The zero-order chi connectivity index (χ0) is 14.8. The fourth-order valence-electron chi connectivity index (χ4n) is 2.00. The van der Waals surface area contributed by atoms with Crippen molar-refractivity contribution in [2.24, 2.45) is 0 Å². The van der Waals surface area contributed by atoms with Gasteiger partial charge in [-0.3, -0.25) is 0 Å². The summed E-state index contributed by atoms with van der Waals surface area (Å²) in [7, 11) is 0. The van der Waals surface area contributed by atoms with Gasteiger partial charge in [0.05, 0.1) is 0 Å². The fraction of sp³-hybridized carbons (Fsp3) is 0.333. The molecule has 0 N–H and O–H groups in total. The molecule has 0 aliphatic heterocycles. The van der Waals surface area contributed by atoms with Crippen LogP contribution < -0.4 is 4.74 Å². The van der Waals surface area contributed by atoms with Crippen LogP contribution in [0, 0.1) is 6.92 Å². The Hall–Kier alpha value is -1.47. The number of ether oxygens (including phenoxy) is 1. The third-order valence-electron chi connectivity index (χ3n) is 3.35. The zero-order valence-corrected chi connectivity index (χ0v) is 13.3. The summed E-state index contributed by atoms with van der Waals surface area (Å²) in [6.45, 7) is 8.73. The van der Waals surface area contributed by atoms with Gasteiger partial charge in [0.25, 0.3) is 0 Å². The molecule has 2 rings (SSSR count). The van der Waals surface area contributed by atoms with Crippen molar-refractivity contribution in [1.82, 2.24) is 0 Å². The highest BCUT2D eigenvalue weighted by Gasteiger charge is 2.14. The van der Waals surface area contributed by atoms with Crippen molar-refractivity contribution in [2.75, 3.05) is 0 Å². The van der Waals surface area contributed by atoms with Gasteiger partial charge in [0, 0.05) is 5.88 Å². The van der Waals surface area contributed by atoms with Gasteiger partial charge in [-0.1, -0.05) is 45.0 Å². The Morgan fingerprint density at radius 3 is 2.15 bits per heavy atom. The van der Waals surface area contributed by atoms with Gasteiger partial charge in [-0.15, -0.1) is 11.6 Å². The summed E-state index contributed by atoms with van der Waals surface area (Å²) in [5.74, 6) is 2.27. The number of hydrogen-bond donors (Lipinski definition) is 0. The quantitative estimate of drug-likeness (QED) is 0.646. The monoisotopic (exact) mass is 288 g/mol. The first-order valence-electron chi connectivity index (χ1n) is 6.84. The molecule has 1 nitrogen and oxygen atoms in total. The van der Waals surface area contributed by atoms with E-state index < -0.39 is 0 Å². The predicted octanol–water partition coefficient (Wildman–Crippen LogP) is 5.82. The molecule has 0 bridgehead atoms. The van der Waals surface area contributed by atoms with Crippen molar-refractivity contribution in [3.8, 4) is 11.5 Å². The molecule has 0 radical (unpaired) electrons. The highest BCUT2D eigenvalue weighted by atomic mass is 35.5. The molecule has 2 aromatic rings. The molecule has 0 saturated carbocycles. The molecule has 106 valence electrons. The van der Waals surface area contributed by atoms with Crippen LogP contribution in [-0.4, -0.2) is 0 Å². The smallest absolute Gasteiger partial charge is 0.130 e. The molecule has 0 fully saturated rings. The van der Waals surface area contributed by atoms with Crippen molar-refractivity contribution in [2.45, 2.75) is 39.0 Å². The number of benzene rings is 2. The van der Waals surface area contributed by atoms with Gasteiger partial charge < -0.3 is 4.74 Å². The second kappa shape index (κ2) is 5.88. The van der Waals surface area contributed by atoms with E-state index in [-0.39, 0.29) is 5.41 Å². The van der Waals surface area contributed by atoms with E-state index in [9.17, 15) is 0 Å². The van der Waals surface area contributed by atoms with Gasteiger partial charge in [0.2, 0.25) is 0 Å². The van der Waals surface area contributed by atoms with Gasteiger partial charge in [0.15, 0.2) is 0 Å². The minimum atomic E-state index is 0.158. The third kappa shape index (κ3) is 3.55. The Morgan fingerprint density at radius 1 is 1.00 bits per heavy atom. The molecular formula is C18H21ClO. The zero-order valence-electron chi connectivity index (χ0n) is 12.5. The molecule has 0 aliphatic carbocycles. The Morgan fingerprint density at radius 2 is 1.65 bits per heavy atom. The lowest BCUT2D eigenvalue weighted by Gasteiger charge is -2.20. The van der Waals surface area contributed by atoms with Gasteiger partial charge >= 0.3 is 0 Å². The van der Waals surface area contributed by atoms with Crippen LogP contribution >= 0.6 is 11.6 Å². The number of alkyl halides is 1. The van der Waals surface area contributed by atoms with Crippen LogP contribution in [0.3, 0.4) is 0 Å². The van der Waals surface area contributed by atoms with Crippen molar-refractivity contribution < 1.29 is 4.74 Å². The minimum Gasteiger partial charge on any atom is -0.457 e. The second-order valence-corrected chi connectivity index (χ2v) is 6.38. The molecule has 0 aliphatic rings. The molecule has 20 heavy (non-hydrogen) atoms. The summed E-state index contributed by atoms with van der Waals surface area (Å²) in [5, 5.41) is 0. The SMILES string of the molecule is Cc1cc(C(C)(C)C)ccc1Oc1ccc(CCl)cc1. The summed E-state index contributed by atoms with van der Waals surface area (Å²) < 4.78 is 5.93.